The highest BCUT2D eigenvalue weighted by atomic mass is 19.4. The minimum atomic E-state index is -4.55. The van der Waals surface area contributed by atoms with E-state index in [-0.39, 0.29) is 29.2 Å². The second-order valence-corrected chi connectivity index (χ2v) is 7.91. The lowest BCUT2D eigenvalue weighted by Gasteiger charge is -2.29. The molecule has 0 saturated carbocycles. The van der Waals surface area contributed by atoms with E-state index in [1.54, 1.807) is 4.90 Å². The van der Waals surface area contributed by atoms with Gasteiger partial charge in [0.25, 0.3) is 0 Å². The third-order valence-corrected chi connectivity index (χ3v) is 5.26. The van der Waals surface area contributed by atoms with E-state index in [1.807, 2.05) is 0 Å². The summed E-state index contributed by atoms with van der Waals surface area (Å²) in [5.41, 5.74) is -1.61. The van der Waals surface area contributed by atoms with Crippen LogP contribution in [-0.2, 0) is 12.4 Å². The van der Waals surface area contributed by atoms with E-state index < -0.39 is 29.6 Å². The van der Waals surface area contributed by atoms with E-state index in [4.69, 9.17) is 0 Å². The zero-order valence-corrected chi connectivity index (χ0v) is 18.0. The average Bonchev–Trinajstić information content (AvgIpc) is 2.79. The van der Waals surface area contributed by atoms with E-state index in [9.17, 15) is 31.4 Å². The molecule has 1 aliphatic rings. The van der Waals surface area contributed by atoms with E-state index >= 15 is 0 Å². The first kappa shape index (κ1) is 24.5. The molecule has 2 aromatic carbocycles. The maximum atomic E-state index is 13.1. The van der Waals surface area contributed by atoms with Gasteiger partial charge in [-0.2, -0.15) is 41.3 Å². The number of hydrogen-bond acceptors (Lipinski definition) is 7. The zero-order valence-electron chi connectivity index (χ0n) is 18.0. The fraction of sp³-hybridized carbons (Fsp3) is 0.318. The van der Waals surface area contributed by atoms with Crippen LogP contribution in [0.5, 0.6) is 0 Å². The lowest BCUT2D eigenvalue weighted by atomic mass is 10.1. The van der Waals surface area contributed by atoms with Crippen LogP contribution in [0, 0.1) is 0 Å². The molecule has 186 valence electrons. The van der Waals surface area contributed by atoms with Crippen molar-refractivity contribution in [2.75, 3.05) is 28.6 Å². The van der Waals surface area contributed by atoms with Crippen LogP contribution in [0.2, 0.25) is 0 Å². The van der Waals surface area contributed by atoms with Crippen molar-refractivity contribution < 1.29 is 31.4 Å². The summed E-state index contributed by atoms with van der Waals surface area (Å²) < 4.78 is 78.5. The van der Waals surface area contributed by atoms with Crippen LogP contribution >= 0.6 is 0 Å². The van der Waals surface area contributed by atoms with Crippen molar-refractivity contribution in [2.24, 2.45) is 0 Å². The molecular formula is C22H20F6N6O. The number of anilines is 5. The Balaban J connectivity index is 1.66. The van der Waals surface area contributed by atoms with Crippen LogP contribution in [0.4, 0.5) is 55.6 Å². The van der Waals surface area contributed by atoms with Gasteiger partial charge in [-0.1, -0.05) is 12.1 Å². The average molecular weight is 498 g/mol. The van der Waals surface area contributed by atoms with Gasteiger partial charge < -0.3 is 20.6 Å². The van der Waals surface area contributed by atoms with Crippen LogP contribution in [0.3, 0.4) is 0 Å². The number of halogens is 6. The highest BCUT2D eigenvalue weighted by molar-refractivity contribution is 5.60. The Morgan fingerprint density at radius 2 is 1.20 bits per heavy atom. The first-order valence-electron chi connectivity index (χ1n) is 10.5. The zero-order chi connectivity index (χ0) is 25.2. The first-order chi connectivity index (χ1) is 16.5. The van der Waals surface area contributed by atoms with Gasteiger partial charge in [0, 0.05) is 24.5 Å². The minimum absolute atomic E-state index is 0.0658. The molecule has 0 unspecified atom stereocenters. The van der Waals surface area contributed by atoms with Crippen molar-refractivity contribution in [3.8, 4) is 0 Å². The summed E-state index contributed by atoms with van der Waals surface area (Å²) in [7, 11) is 0. The van der Waals surface area contributed by atoms with Crippen LogP contribution in [-0.4, -0.2) is 39.3 Å². The van der Waals surface area contributed by atoms with Gasteiger partial charge in [-0.05, 0) is 49.2 Å². The molecule has 7 nitrogen and oxygen atoms in total. The SMILES string of the molecule is OC1CCN(c2nc(Nc3cccc(C(F)(F)F)c3)nc(Nc3cccc(C(F)(F)F)c3)n2)CC1. The smallest absolute Gasteiger partial charge is 0.393 e. The van der Waals surface area contributed by atoms with Gasteiger partial charge in [-0.25, -0.2) is 0 Å². The van der Waals surface area contributed by atoms with Crippen molar-refractivity contribution in [1.29, 1.82) is 0 Å². The second-order valence-electron chi connectivity index (χ2n) is 7.91. The molecule has 0 amide bonds. The van der Waals surface area contributed by atoms with Crippen LogP contribution in [0.1, 0.15) is 24.0 Å². The number of hydrogen-bond donors (Lipinski definition) is 3. The minimum Gasteiger partial charge on any atom is -0.393 e. The van der Waals surface area contributed by atoms with Gasteiger partial charge >= 0.3 is 12.4 Å². The largest absolute Gasteiger partial charge is 0.416 e. The molecule has 1 fully saturated rings. The molecule has 13 heteroatoms. The van der Waals surface area contributed by atoms with Crippen LogP contribution in [0.25, 0.3) is 0 Å². The molecule has 4 rings (SSSR count). The quantitative estimate of drug-likeness (QED) is 0.409. The number of alkyl halides is 6. The van der Waals surface area contributed by atoms with E-state index in [2.05, 4.69) is 25.6 Å². The molecule has 0 atom stereocenters. The fourth-order valence-electron chi connectivity index (χ4n) is 3.49. The third kappa shape index (κ3) is 6.29. The monoisotopic (exact) mass is 498 g/mol. The Morgan fingerprint density at radius 3 is 1.63 bits per heavy atom. The van der Waals surface area contributed by atoms with Gasteiger partial charge in [0.1, 0.15) is 0 Å². The molecule has 2 heterocycles. The number of nitrogens with one attached hydrogen (secondary N) is 2. The number of piperidine rings is 1. The molecule has 3 N–H and O–H groups in total. The Bertz CT molecular complexity index is 1100. The summed E-state index contributed by atoms with van der Waals surface area (Å²) in [6, 6.07) is 8.86. The standard InChI is InChI=1S/C22H20F6N6O/c23-21(24,25)13-3-1-5-15(11-13)29-18-31-19(30-16-6-2-4-14(12-16)22(26,27)28)33-20(32-18)34-9-7-17(35)8-10-34/h1-6,11-12,17,35H,7-10H2,(H2,29,30,31,32,33). The number of aliphatic hydroxyl groups is 1. The molecule has 1 saturated heterocycles. The van der Waals surface area contributed by atoms with Crippen LogP contribution < -0.4 is 15.5 Å². The predicted octanol–water partition coefficient (Wildman–Crippen LogP) is 5.36. The van der Waals surface area contributed by atoms with Gasteiger partial charge in [0.15, 0.2) is 0 Å². The summed E-state index contributed by atoms with van der Waals surface area (Å²) in [5, 5.41) is 15.2. The van der Waals surface area contributed by atoms with E-state index in [0.717, 1.165) is 24.3 Å². The van der Waals surface area contributed by atoms with Crippen LogP contribution in [0.15, 0.2) is 48.5 Å². The summed E-state index contributed by atoms with van der Waals surface area (Å²) in [6.07, 6.45) is -8.66. The Labute approximate surface area is 195 Å². The van der Waals surface area contributed by atoms with E-state index in [0.29, 0.717) is 25.9 Å². The maximum absolute atomic E-state index is 13.1. The fourth-order valence-corrected chi connectivity index (χ4v) is 3.49. The number of benzene rings is 2. The van der Waals surface area contributed by atoms with Gasteiger partial charge in [-0.3, -0.25) is 0 Å². The summed E-state index contributed by atoms with van der Waals surface area (Å²) in [4.78, 5) is 14.4. The van der Waals surface area contributed by atoms with Gasteiger partial charge in [0.2, 0.25) is 17.8 Å². The van der Waals surface area contributed by atoms with Crippen molar-refractivity contribution in [2.45, 2.75) is 31.3 Å². The maximum Gasteiger partial charge on any atom is 0.416 e. The molecule has 0 radical (unpaired) electrons. The molecule has 35 heavy (non-hydrogen) atoms. The Morgan fingerprint density at radius 1 is 0.743 bits per heavy atom. The summed E-state index contributed by atoms with van der Waals surface area (Å²) in [5.74, 6) is -0.0410. The Kier molecular flexibility index (Phi) is 6.70. The van der Waals surface area contributed by atoms with Crippen molar-refractivity contribution in [3.63, 3.8) is 0 Å². The molecular weight excluding hydrogens is 478 g/mol. The molecule has 0 aliphatic carbocycles. The third-order valence-electron chi connectivity index (χ3n) is 5.26. The topological polar surface area (TPSA) is 86.2 Å². The normalized spacial score (nSPS) is 15.2. The molecule has 0 bridgehead atoms. The first-order valence-corrected chi connectivity index (χ1v) is 10.5. The number of nitrogens with zero attached hydrogens (tertiary/aromatic N) is 4. The number of aromatic nitrogens is 3. The lowest BCUT2D eigenvalue weighted by Crippen LogP contribution is -2.37. The van der Waals surface area contributed by atoms with Gasteiger partial charge in [0.05, 0.1) is 17.2 Å². The van der Waals surface area contributed by atoms with Crippen molar-refractivity contribution in [1.82, 2.24) is 15.0 Å². The highest BCUT2D eigenvalue weighted by Crippen LogP contribution is 2.33. The van der Waals surface area contributed by atoms with Crippen molar-refractivity contribution in [3.05, 3.63) is 59.7 Å². The number of rotatable bonds is 5. The Hall–Kier alpha value is -3.61. The predicted molar refractivity (Wildman–Crippen MR) is 117 cm³/mol. The second kappa shape index (κ2) is 9.56. The summed E-state index contributed by atoms with van der Waals surface area (Å²) in [6.45, 7) is 0.828. The molecule has 1 aliphatic heterocycles. The molecule has 1 aromatic heterocycles. The van der Waals surface area contributed by atoms with E-state index in [1.165, 1.54) is 24.3 Å². The summed E-state index contributed by atoms with van der Waals surface area (Å²) >= 11 is 0. The lowest BCUT2D eigenvalue weighted by molar-refractivity contribution is -0.138. The number of aliphatic hydroxyl groups excluding tert-OH is 1. The van der Waals surface area contributed by atoms with Crippen molar-refractivity contribution >= 4 is 29.2 Å². The molecule has 3 aromatic rings. The van der Waals surface area contributed by atoms with Gasteiger partial charge in [-0.15, -0.1) is 0 Å². The highest BCUT2D eigenvalue weighted by Gasteiger charge is 2.31. The molecule has 0 spiro atoms.